The first kappa shape index (κ1) is 33.9. The number of ether oxygens (including phenoxy) is 5. The molecule has 0 amide bonds. The maximum atomic E-state index is 16.1. The molecular formula is C30H52F2O5. The maximum absolute atomic E-state index is 16.1. The van der Waals surface area contributed by atoms with Crippen molar-refractivity contribution in [3.05, 3.63) is 35.9 Å². The van der Waals surface area contributed by atoms with Gasteiger partial charge in [0.25, 0.3) is 0 Å². The van der Waals surface area contributed by atoms with Gasteiger partial charge in [0, 0.05) is 33.5 Å². The molecule has 2 unspecified atom stereocenters. The summed E-state index contributed by atoms with van der Waals surface area (Å²) in [7, 11) is 1.59. The van der Waals surface area contributed by atoms with Crippen molar-refractivity contribution < 1.29 is 32.5 Å². The first-order valence-corrected chi connectivity index (χ1v) is 14.3. The molecule has 0 saturated carbocycles. The molecule has 0 spiro atoms. The third-order valence-electron chi connectivity index (χ3n) is 6.38. The van der Waals surface area contributed by atoms with Gasteiger partial charge < -0.3 is 23.7 Å². The lowest BCUT2D eigenvalue weighted by Gasteiger charge is -2.39. The van der Waals surface area contributed by atoms with Crippen LogP contribution in [0.25, 0.3) is 0 Å². The molecule has 0 aliphatic heterocycles. The molecular weight excluding hydrogens is 478 g/mol. The Hall–Kier alpha value is -1.12. The molecule has 0 aliphatic carbocycles. The number of alkyl halides is 2. The van der Waals surface area contributed by atoms with E-state index in [1.807, 2.05) is 6.92 Å². The lowest BCUT2D eigenvalue weighted by Crippen LogP contribution is -2.54. The van der Waals surface area contributed by atoms with Crippen LogP contribution in [0.3, 0.4) is 0 Å². The fraction of sp³-hybridized carbons (Fsp3) is 0.800. The van der Waals surface area contributed by atoms with Crippen molar-refractivity contribution >= 4 is 0 Å². The lowest BCUT2D eigenvalue weighted by molar-refractivity contribution is -0.199. The quantitative estimate of drug-likeness (QED) is 0.130. The van der Waals surface area contributed by atoms with Crippen molar-refractivity contribution in [1.82, 2.24) is 0 Å². The Balaban J connectivity index is 3.33. The lowest BCUT2D eigenvalue weighted by atomic mass is 9.94. The summed E-state index contributed by atoms with van der Waals surface area (Å²) in [6, 6.07) is 8.41. The van der Waals surface area contributed by atoms with Crippen LogP contribution in [0.1, 0.15) is 90.8 Å². The predicted molar refractivity (Wildman–Crippen MR) is 146 cm³/mol. The zero-order valence-electron chi connectivity index (χ0n) is 23.8. The second-order valence-corrected chi connectivity index (χ2v) is 9.53. The molecule has 1 aromatic carbocycles. The topological polar surface area (TPSA) is 46.2 Å². The highest BCUT2D eigenvalue weighted by molar-refractivity contribution is 5.19. The first-order chi connectivity index (χ1) is 18.0. The minimum Gasteiger partial charge on any atom is -0.379 e. The van der Waals surface area contributed by atoms with Gasteiger partial charge in [-0.05, 0) is 31.2 Å². The second-order valence-electron chi connectivity index (χ2n) is 9.53. The number of rotatable bonds is 24. The Bertz CT molecular complexity index is 636. The van der Waals surface area contributed by atoms with Gasteiger partial charge >= 0.3 is 0 Å². The Labute approximate surface area is 224 Å². The van der Waals surface area contributed by atoms with E-state index < -0.39 is 36.8 Å². The second kappa shape index (κ2) is 21.8. The summed E-state index contributed by atoms with van der Waals surface area (Å²) in [5.41, 5.74) is 0.279. The van der Waals surface area contributed by atoms with Crippen LogP contribution in [0.4, 0.5) is 8.78 Å². The van der Waals surface area contributed by atoms with Crippen molar-refractivity contribution in [2.24, 2.45) is 0 Å². The summed E-state index contributed by atoms with van der Waals surface area (Å²) in [6.45, 7) is 10.3. The molecule has 0 bridgehead atoms. The molecule has 216 valence electrons. The molecule has 0 saturated heterocycles. The van der Waals surface area contributed by atoms with Crippen molar-refractivity contribution in [2.45, 2.75) is 116 Å². The van der Waals surface area contributed by atoms with E-state index in [4.69, 9.17) is 23.7 Å². The molecule has 0 radical (unpaired) electrons. The molecule has 7 heteroatoms. The molecule has 1 rings (SSSR count). The number of unbranched alkanes of at least 4 members (excludes halogenated alkanes) is 4. The first-order valence-electron chi connectivity index (χ1n) is 14.3. The number of hydrogen-bond acceptors (Lipinski definition) is 5. The minimum atomic E-state index is -1.94. The fourth-order valence-electron chi connectivity index (χ4n) is 3.98. The van der Waals surface area contributed by atoms with E-state index in [-0.39, 0.29) is 12.2 Å². The van der Waals surface area contributed by atoms with Gasteiger partial charge in [0.1, 0.15) is 24.4 Å². The molecule has 0 N–H and O–H groups in total. The minimum absolute atomic E-state index is 0.275. The Morgan fingerprint density at radius 1 is 0.649 bits per heavy atom. The van der Waals surface area contributed by atoms with Gasteiger partial charge in [0.2, 0.25) is 0 Å². The Kier molecular flexibility index (Phi) is 20.0. The predicted octanol–water partition coefficient (Wildman–Crippen LogP) is 7.42. The van der Waals surface area contributed by atoms with Crippen LogP contribution in [0, 0.1) is 0 Å². The number of halogens is 2. The maximum Gasteiger partial charge on any atom is 0.164 e. The normalized spacial score (nSPS) is 16.7. The average Bonchev–Trinajstić information content (AvgIpc) is 2.93. The highest BCUT2D eigenvalue weighted by Crippen LogP contribution is 2.32. The third-order valence-corrected chi connectivity index (χ3v) is 6.38. The smallest absolute Gasteiger partial charge is 0.164 e. The number of benzene rings is 1. The van der Waals surface area contributed by atoms with Gasteiger partial charge in [-0.1, -0.05) is 83.7 Å². The highest BCUT2D eigenvalue weighted by atomic mass is 19.2. The largest absolute Gasteiger partial charge is 0.379 e. The van der Waals surface area contributed by atoms with Crippen LogP contribution < -0.4 is 0 Å². The zero-order chi connectivity index (χ0) is 27.3. The third kappa shape index (κ3) is 13.0. The summed E-state index contributed by atoms with van der Waals surface area (Å²) in [4.78, 5) is 0. The summed E-state index contributed by atoms with van der Waals surface area (Å²) in [6.07, 6.45) is 0.0333. The van der Waals surface area contributed by atoms with Gasteiger partial charge in [-0.15, -0.1) is 0 Å². The Morgan fingerprint density at radius 3 is 1.65 bits per heavy atom. The van der Waals surface area contributed by atoms with Crippen molar-refractivity contribution in [3.8, 4) is 0 Å². The molecule has 6 atom stereocenters. The van der Waals surface area contributed by atoms with Crippen LogP contribution in [0.15, 0.2) is 30.3 Å². The van der Waals surface area contributed by atoms with E-state index in [1.165, 1.54) is 0 Å². The molecule has 37 heavy (non-hydrogen) atoms. The summed E-state index contributed by atoms with van der Waals surface area (Å²) >= 11 is 0. The summed E-state index contributed by atoms with van der Waals surface area (Å²) < 4.78 is 62.0. The molecule has 1 aromatic rings. The van der Waals surface area contributed by atoms with Gasteiger partial charge in [0.05, 0.1) is 6.61 Å². The van der Waals surface area contributed by atoms with Crippen LogP contribution >= 0.6 is 0 Å². The monoisotopic (exact) mass is 530 g/mol. The van der Waals surface area contributed by atoms with Gasteiger partial charge in [-0.25, -0.2) is 8.78 Å². The average molecular weight is 531 g/mol. The number of hydrogen-bond donors (Lipinski definition) is 0. The van der Waals surface area contributed by atoms with Gasteiger partial charge in [0.15, 0.2) is 12.3 Å². The van der Waals surface area contributed by atoms with E-state index in [1.54, 1.807) is 37.4 Å². The molecule has 0 heterocycles. The standard InChI is InChI=1S/C30H52F2O5/c1-6-10-19-34-23-25(33-5)28(35-20-11-7-2)30(37-22-13-9-4)29(36-21-12-8-3)27(32)26(31)24-17-15-14-16-18-24/h14-18,25-30H,6-13,19-23H2,1-5H3/t25-,26?,27?,28-,29+,30+/m1/s1. The fourth-order valence-corrected chi connectivity index (χ4v) is 3.98. The molecule has 0 aliphatic rings. The van der Waals surface area contributed by atoms with E-state index in [9.17, 15) is 0 Å². The van der Waals surface area contributed by atoms with Crippen LogP contribution in [0.5, 0.6) is 0 Å². The van der Waals surface area contributed by atoms with Crippen LogP contribution in [-0.2, 0) is 23.7 Å². The zero-order valence-corrected chi connectivity index (χ0v) is 23.8. The van der Waals surface area contributed by atoms with E-state index >= 15 is 8.78 Å². The molecule has 0 fully saturated rings. The Morgan fingerprint density at radius 2 is 1.14 bits per heavy atom. The van der Waals surface area contributed by atoms with Gasteiger partial charge in [-0.3, -0.25) is 0 Å². The van der Waals surface area contributed by atoms with E-state index in [0.717, 1.165) is 51.4 Å². The number of methoxy groups -OCH3 is 1. The van der Waals surface area contributed by atoms with E-state index in [2.05, 4.69) is 20.8 Å². The van der Waals surface area contributed by atoms with Crippen molar-refractivity contribution in [2.75, 3.05) is 40.1 Å². The molecule has 0 aromatic heterocycles. The van der Waals surface area contributed by atoms with Crippen LogP contribution in [-0.4, -0.2) is 70.7 Å². The van der Waals surface area contributed by atoms with Crippen LogP contribution in [0.2, 0.25) is 0 Å². The van der Waals surface area contributed by atoms with Crippen molar-refractivity contribution in [3.63, 3.8) is 0 Å². The summed E-state index contributed by atoms with van der Waals surface area (Å²) in [5, 5.41) is 0. The van der Waals surface area contributed by atoms with Crippen molar-refractivity contribution in [1.29, 1.82) is 0 Å². The SMILES string of the molecule is CCCCOC[C@@H](OC)[C@@H](OCCCC)[C@H](OCCCC)[C@@H](OCCCC)C(F)C(F)c1ccccc1. The highest BCUT2D eigenvalue weighted by Gasteiger charge is 2.44. The summed E-state index contributed by atoms with van der Waals surface area (Å²) in [5.74, 6) is 0. The van der Waals surface area contributed by atoms with Gasteiger partial charge in [-0.2, -0.15) is 0 Å². The van der Waals surface area contributed by atoms with E-state index in [0.29, 0.717) is 26.4 Å². The molecule has 5 nitrogen and oxygen atoms in total.